The largest absolute Gasteiger partial charge is 0.465 e. The van der Waals surface area contributed by atoms with E-state index in [1.165, 1.54) is 11.8 Å². The van der Waals surface area contributed by atoms with Crippen LogP contribution >= 0.6 is 23.4 Å². The first-order chi connectivity index (χ1) is 15.0. The van der Waals surface area contributed by atoms with Crippen LogP contribution < -0.4 is 10.2 Å². The van der Waals surface area contributed by atoms with Crippen LogP contribution in [0.5, 0.6) is 0 Å². The Labute approximate surface area is 185 Å². The summed E-state index contributed by atoms with van der Waals surface area (Å²) in [4.78, 5) is 39.3. The van der Waals surface area contributed by atoms with Gasteiger partial charge in [-0.1, -0.05) is 18.5 Å². The molecule has 158 valence electrons. The number of fused-ring (bicyclic) bond motifs is 2. The number of carboxylic acid groups (broad SMARTS) is 1. The molecule has 1 saturated heterocycles. The summed E-state index contributed by atoms with van der Waals surface area (Å²) < 4.78 is 0. The molecule has 0 aromatic carbocycles. The first kappa shape index (κ1) is 19.8. The molecule has 12 heteroatoms. The smallest absolute Gasteiger partial charge is 0.405 e. The number of pyridine rings is 1. The molecule has 5 rings (SSSR count). The number of nitrogens with one attached hydrogen (secondary N) is 2. The van der Waals surface area contributed by atoms with Gasteiger partial charge in [-0.05, 0) is 24.2 Å². The summed E-state index contributed by atoms with van der Waals surface area (Å²) in [5.74, 6) is 0.686. The SMILES string of the molecule is CCc1[nH]c2nc(Sc3cnc4nccnc4c3)nc(N3CC(NC(=O)O)C3)c2c1Cl. The highest BCUT2D eigenvalue weighted by molar-refractivity contribution is 7.99. The van der Waals surface area contributed by atoms with Crippen LogP contribution in [0.15, 0.2) is 34.7 Å². The van der Waals surface area contributed by atoms with Crippen LogP contribution in [0.25, 0.3) is 22.2 Å². The lowest BCUT2D eigenvalue weighted by Crippen LogP contribution is -2.59. The number of nitrogens with zero attached hydrogens (tertiary/aromatic N) is 6. The predicted octanol–water partition coefficient (Wildman–Crippen LogP) is 3.12. The molecule has 10 nitrogen and oxygen atoms in total. The van der Waals surface area contributed by atoms with Gasteiger partial charge in [-0.2, -0.15) is 0 Å². The molecular formula is C19H17ClN8O2S. The van der Waals surface area contributed by atoms with Gasteiger partial charge in [0.1, 0.15) is 17.0 Å². The van der Waals surface area contributed by atoms with Crippen LogP contribution in [0.3, 0.4) is 0 Å². The monoisotopic (exact) mass is 456 g/mol. The van der Waals surface area contributed by atoms with Crippen molar-refractivity contribution in [2.24, 2.45) is 0 Å². The van der Waals surface area contributed by atoms with Crippen LogP contribution in [-0.2, 0) is 6.42 Å². The summed E-state index contributed by atoms with van der Waals surface area (Å²) in [5, 5.41) is 13.3. The highest BCUT2D eigenvalue weighted by Gasteiger charge is 2.32. The van der Waals surface area contributed by atoms with Crippen molar-refractivity contribution in [2.45, 2.75) is 29.4 Å². The summed E-state index contributed by atoms with van der Waals surface area (Å²) in [6.07, 6.45) is 4.63. The Balaban J connectivity index is 1.51. The summed E-state index contributed by atoms with van der Waals surface area (Å²) in [6, 6.07) is 1.74. The molecule has 4 aromatic heterocycles. The summed E-state index contributed by atoms with van der Waals surface area (Å²) in [7, 11) is 0. The van der Waals surface area contributed by atoms with Crippen LogP contribution in [-0.4, -0.2) is 60.2 Å². The molecule has 0 atom stereocenters. The number of rotatable bonds is 5. The molecule has 5 heterocycles. The second-order valence-corrected chi connectivity index (χ2v) is 8.47. The van der Waals surface area contributed by atoms with E-state index >= 15 is 0 Å². The minimum absolute atomic E-state index is 0.148. The average Bonchev–Trinajstić information content (AvgIpc) is 3.05. The molecular weight excluding hydrogens is 440 g/mol. The van der Waals surface area contributed by atoms with E-state index in [-0.39, 0.29) is 6.04 Å². The van der Waals surface area contributed by atoms with E-state index < -0.39 is 6.09 Å². The molecule has 0 saturated carbocycles. The predicted molar refractivity (Wildman–Crippen MR) is 117 cm³/mol. The van der Waals surface area contributed by atoms with Crippen molar-refractivity contribution >= 4 is 57.5 Å². The summed E-state index contributed by atoms with van der Waals surface area (Å²) in [5.41, 5.74) is 2.80. The highest BCUT2D eigenvalue weighted by Crippen LogP contribution is 2.38. The third kappa shape index (κ3) is 3.70. The zero-order valence-corrected chi connectivity index (χ0v) is 17.9. The van der Waals surface area contributed by atoms with Gasteiger partial charge in [-0.15, -0.1) is 0 Å². The van der Waals surface area contributed by atoms with Crippen molar-refractivity contribution in [3.05, 3.63) is 35.4 Å². The summed E-state index contributed by atoms with van der Waals surface area (Å²) >= 11 is 7.97. The number of amides is 1. The molecule has 0 bridgehead atoms. The van der Waals surface area contributed by atoms with Crippen molar-refractivity contribution in [1.29, 1.82) is 0 Å². The van der Waals surface area contributed by atoms with E-state index in [4.69, 9.17) is 21.7 Å². The standard InChI is InChI=1S/C19H17ClN8O2S/c1-2-11-14(20)13-16(25-11)26-18(27-17(13)28-7-9(8-28)24-19(29)30)31-10-5-12-15(23-6-10)22-4-3-21-12/h3-6,9,24H,2,7-8H2,1H3,(H,29,30)(H,25,26,27). The molecule has 4 aromatic rings. The highest BCUT2D eigenvalue weighted by atomic mass is 35.5. The Morgan fingerprint density at radius 3 is 2.90 bits per heavy atom. The Bertz CT molecular complexity index is 1310. The Morgan fingerprint density at radius 2 is 2.13 bits per heavy atom. The second kappa shape index (κ2) is 7.82. The number of halogens is 1. The maximum absolute atomic E-state index is 10.9. The minimum atomic E-state index is -1.03. The topological polar surface area (TPSA) is 133 Å². The number of aromatic amines is 1. The zero-order chi connectivity index (χ0) is 21.5. The number of hydrogen-bond donors (Lipinski definition) is 3. The fourth-order valence-corrected chi connectivity index (χ4v) is 4.62. The van der Waals surface area contributed by atoms with Crippen molar-refractivity contribution in [2.75, 3.05) is 18.0 Å². The Morgan fingerprint density at radius 1 is 1.32 bits per heavy atom. The Kier molecular flexibility index (Phi) is 4.98. The lowest BCUT2D eigenvalue weighted by molar-refractivity contribution is 0.187. The van der Waals surface area contributed by atoms with Gasteiger partial charge >= 0.3 is 6.09 Å². The Hall–Kier alpha value is -3.18. The van der Waals surface area contributed by atoms with Crippen molar-refractivity contribution in [3.8, 4) is 0 Å². The van der Waals surface area contributed by atoms with Crippen molar-refractivity contribution < 1.29 is 9.90 Å². The van der Waals surface area contributed by atoms with E-state index in [0.717, 1.165) is 22.4 Å². The average molecular weight is 457 g/mol. The van der Waals surface area contributed by atoms with E-state index in [2.05, 4.69) is 30.2 Å². The maximum Gasteiger partial charge on any atom is 0.405 e. The maximum atomic E-state index is 10.9. The molecule has 1 aliphatic rings. The molecule has 3 N–H and O–H groups in total. The molecule has 0 radical (unpaired) electrons. The third-order valence-electron chi connectivity index (χ3n) is 4.99. The fraction of sp³-hybridized carbons (Fsp3) is 0.263. The normalized spacial score (nSPS) is 14.2. The molecule has 0 aliphatic carbocycles. The molecule has 0 spiro atoms. The molecule has 1 amide bonds. The molecule has 1 aliphatic heterocycles. The van der Waals surface area contributed by atoms with E-state index in [0.29, 0.717) is 45.9 Å². The van der Waals surface area contributed by atoms with Crippen LogP contribution in [0.4, 0.5) is 10.6 Å². The van der Waals surface area contributed by atoms with Crippen molar-refractivity contribution in [3.63, 3.8) is 0 Å². The quantitative estimate of drug-likeness (QED) is 0.387. The fourth-order valence-electron chi connectivity index (χ4n) is 3.51. The molecule has 31 heavy (non-hydrogen) atoms. The van der Waals surface area contributed by atoms with E-state index in [1.54, 1.807) is 18.6 Å². The minimum Gasteiger partial charge on any atom is -0.465 e. The van der Waals surface area contributed by atoms with Gasteiger partial charge in [-0.3, -0.25) is 4.98 Å². The van der Waals surface area contributed by atoms with Gasteiger partial charge in [0.2, 0.25) is 0 Å². The third-order valence-corrected chi connectivity index (χ3v) is 6.23. The van der Waals surface area contributed by atoms with E-state index in [1.807, 2.05) is 17.9 Å². The van der Waals surface area contributed by atoms with E-state index in [9.17, 15) is 4.79 Å². The van der Waals surface area contributed by atoms with Gasteiger partial charge in [0, 0.05) is 42.3 Å². The number of H-pyrrole nitrogens is 1. The van der Waals surface area contributed by atoms with Crippen molar-refractivity contribution in [1.82, 2.24) is 35.2 Å². The van der Waals surface area contributed by atoms with Gasteiger partial charge in [0.15, 0.2) is 10.8 Å². The second-order valence-electron chi connectivity index (χ2n) is 7.05. The van der Waals surface area contributed by atoms with Gasteiger partial charge in [-0.25, -0.2) is 24.7 Å². The number of hydrogen-bond acceptors (Lipinski definition) is 8. The lowest BCUT2D eigenvalue weighted by atomic mass is 10.1. The zero-order valence-electron chi connectivity index (χ0n) is 16.3. The number of carbonyl (C=O) groups is 1. The lowest BCUT2D eigenvalue weighted by Gasteiger charge is -2.40. The number of aromatic nitrogens is 6. The molecule has 1 fully saturated rings. The van der Waals surface area contributed by atoms with Gasteiger partial charge < -0.3 is 20.3 Å². The van der Waals surface area contributed by atoms with Gasteiger partial charge in [0.25, 0.3) is 0 Å². The molecule has 0 unspecified atom stereocenters. The van der Waals surface area contributed by atoms with Crippen LogP contribution in [0.1, 0.15) is 12.6 Å². The van der Waals surface area contributed by atoms with Crippen LogP contribution in [0.2, 0.25) is 5.02 Å². The first-order valence-corrected chi connectivity index (χ1v) is 10.8. The first-order valence-electron chi connectivity index (χ1n) is 9.59. The van der Waals surface area contributed by atoms with Crippen LogP contribution in [0, 0.1) is 0 Å². The number of aryl methyl sites for hydroxylation is 1. The van der Waals surface area contributed by atoms with Gasteiger partial charge in [0.05, 0.1) is 16.5 Å². The summed E-state index contributed by atoms with van der Waals surface area (Å²) in [6.45, 7) is 3.04. The number of anilines is 1.